The highest BCUT2D eigenvalue weighted by atomic mass is 16.4. The first-order chi connectivity index (χ1) is 9.42. The van der Waals surface area contributed by atoms with E-state index in [0.29, 0.717) is 11.8 Å². The van der Waals surface area contributed by atoms with Gasteiger partial charge in [-0.05, 0) is 29.8 Å². The van der Waals surface area contributed by atoms with Crippen molar-refractivity contribution in [3.05, 3.63) is 66.3 Å². The van der Waals surface area contributed by atoms with Crippen molar-refractivity contribution in [2.45, 2.75) is 0 Å². The lowest BCUT2D eigenvalue weighted by Gasteiger charge is -1.91. The third kappa shape index (κ3) is 2.74. The summed E-state index contributed by atoms with van der Waals surface area (Å²) in [5.74, 6) is 0.995. The van der Waals surface area contributed by atoms with Gasteiger partial charge in [0.25, 0.3) is 0 Å². The average molecular weight is 249 g/mol. The topological polar surface area (TPSA) is 51.8 Å². The first-order valence-electron chi connectivity index (χ1n) is 5.89. The molecule has 0 aliphatic heterocycles. The van der Waals surface area contributed by atoms with Crippen LogP contribution in [0.1, 0.15) is 11.5 Å². The van der Waals surface area contributed by atoms with Gasteiger partial charge in [0.2, 0.25) is 11.8 Å². The SMILES string of the molecule is C(=Cc1nnc(-c2ccccc2)o1)c1cccnc1. The Morgan fingerprint density at radius 1 is 0.895 bits per heavy atom. The van der Waals surface area contributed by atoms with Gasteiger partial charge in [-0.2, -0.15) is 0 Å². The van der Waals surface area contributed by atoms with Crippen LogP contribution >= 0.6 is 0 Å². The van der Waals surface area contributed by atoms with E-state index >= 15 is 0 Å². The number of rotatable bonds is 3. The Morgan fingerprint density at radius 2 is 1.79 bits per heavy atom. The third-order valence-corrected chi connectivity index (χ3v) is 2.56. The van der Waals surface area contributed by atoms with Crippen LogP contribution in [0.5, 0.6) is 0 Å². The van der Waals surface area contributed by atoms with Gasteiger partial charge in [-0.15, -0.1) is 10.2 Å². The van der Waals surface area contributed by atoms with E-state index in [1.807, 2.05) is 48.5 Å². The second kappa shape index (κ2) is 5.27. The molecule has 4 nitrogen and oxygen atoms in total. The Balaban J connectivity index is 1.81. The zero-order chi connectivity index (χ0) is 12.9. The smallest absolute Gasteiger partial charge is 0.248 e. The standard InChI is InChI=1S/C15H11N3O/c1-2-6-13(7-3-1)15-18-17-14(19-15)9-8-12-5-4-10-16-11-12/h1-11H. The molecule has 3 rings (SSSR count). The van der Waals surface area contributed by atoms with E-state index in [1.54, 1.807) is 18.5 Å². The van der Waals surface area contributed by atoms with Gasteiger partial charge < -0.3 is 4.42 Å². The molecule has 19 heavy (non-hydrogen) atoms. The molecule has 3 aromatic rings. The minimum absolute atomic E-state index is 0.475. The molecule has 4 heteroatoms. The van der Waals surface area contributed by atoms with Crippen molar-refractivity contribution < 1.29 is 4.42 Å². The Bertz CT molecular complexity index is 675. The molecule has 0 aliphatic carbocycles. The molecule has 0 aliphatic rings. The maximum absolute atomic E-state index is 5.56. The predicted molar refractivity (Wildman–Crippen MR) is 72.9 cm³/mol. The van der Waals surface area contributed by atoms with Gasteiger partial charge in [-0.3, -0.25) is 4.98 Å². The number of hydrogen-bond donors (Lipinski definition) is 0. The highest BCUT2D eigenvalue weighted by Crippen LogP contribution is 2.17. The van der Waals surface area contributed by atoms with E-state index in [2.05, 4.69) is 15.2 Å². The first-order valence-corrected chi connectivity index (χ1v) is 5.89. The Hall–Kier alpha value is -2.75. The van der Waals surface area contributed by atoms with Crippen LogP contribution in [0.3, 0.4) is 0 Å². The largest absolute Gasteiger partial charge is 0.417 e. The molecular weight excluding hydrogens is 238 g/mol. The molecule has 0 bridgehead atoms. The molecular formula is C15H11N3O. The predicted octanol–water partition coefficient (Wildman–Crippen LogP) is 3.30. The Kier molecular flexibility index (Phi) is 3.14. The second-order valence-electron chi connectivity index (χ2n) is 3.93. The van der Waals surface area contributed by atoms with E-state index < -0.39 is 0 Å². The van der Waals surface area contributed by atoms with E-state index in [1.165, 1.54) is 0 Å². The minimum Gasteiger partial charge on any atom is -0.417 e. The van der Waals surface area contributed by atoms with Crippen molar-refractivity contribution in [1.29, 1.82) is 0 Å². The van der Waals surface area contributed by atoms with Crippen LogP contribution in [-0.4, -0.2) is 15.2 Å². The summed E-state index contributed by atoms with van der Waals surface area (Å²) in [6, 6.07) is 13.5. The quantitative estimate of drug-likeness (QED) is 0.714. The third-order valence-electron chi connectivity index (χ3n) is 2.56. The summed E-state index contributed by atoms with van der Waals surface area (Å²) in [6.07, 6.45) is 7.16. The highest BCUT2D eigenvalue weighted by molar-refractivity contribution is 5.65. The van der Waals surface area contributed by atoms with Crippen molar-refractivity contribution in [3.63, 3.8) is 0 Å². The van der Waals surface area contributed by atoms with Crippen molar-refractivity contribution in [3.8, 4) is 11.5 Å². The molecule has 0 fully saturated rings. The van der Waals surface area contributed by atoms with Crippen LogP contribution in [0.2, 0.25) is 0 Å². The van der Waals surface area contributed by atoms with Crippen LogP contribution in [0.25, 0.3) is 23.6 Å². The van der Waals surface area contributed by atoms with Crippen LogP contribution in [0, 0.1) is 0 Å². The van der Waals surface area contributed by atoms with Gasteiger partial charge in [0.15, 0.2) is 0 Å². The van der Waals surface area contributed by atoms with Gasteiger partial charge >= 0.3 is 0 Å². The number of aromatic nitrogens is 3. The van der Waals surface area contributed by atoms with E-state index in [-0.39, 0.29) is 0 Å². The monoisotopic (exact) mass is 249 g/mol. The lowest BCUT2D eigenvalue weighted by Crippen LogP contribution is -1.75. The lowest BCUT2D eigenvalue weighted by molar-refractivity contribution is 0.558. The normalized spacial score (nSPS) is 10.9. The molecule has 92 valence electrons. The van der Waals surface area contributed by atoms with E-state index in [4.69, 9.17) is 4.42 Å². The molecule has 0 saturated heterocycles. The molecule has 0 atom stereocenters. The fourth-order valence-corrected chi connectivity index (χ4v) is 1.64. The van der Waals surface area contributed by atoms with Crippen molar-refractivity contribution in [2.24, 2.45) is 0 Å². The van der Waals surface area contributed by atoms with Crippen molar-refractivity contribution in [1.82, 2.24) is 15.2 Å². The molecule has 0 N–H and O–H groups in total. The van der Waals surface area contributed by atoms with Gasteiger partial charge in [0.1, 0.15) is 0 Å². The first kappa shape index (κ1) is 11.3. The highest BCUT2D eigenvalue weighted by Gasteiger charge is 2.05. The fourth-order valence-electron chi connectivity index (χ4n) is 1.64. The molecule has 0 unspecified atom stereocenters. The van der Waals surface area contributed by atoms with Crippen LogP contribution < -0.4 is 0 Å². The van der Waals surface area contributed by atoms with E-state index in [0.717, 1.165) is 11.1 Å². The summed E-state index contributed by atoms with van der Waals surface area (Å²) in [7, 11) is 0. The molecule has 0 radical (unpaired) electrons. The summed E-state index contributed by atoms with van der Waals surface area (Å²) in [4.78, 5) is 4.03. The van der Waals surface area contributed by atoms with Crippen LogP contribution in [-0.2, 0) is 0 Å². The number of pyridine rings is 1. The van der Waals surface area contributed by atoms with E-state index in [9.17, 15) is 0 Å². The summed E-state index contributed by atoms with van der Waals surface area (Å²) < 4.78 is 5.56. The number of benzene rings is 1. The molecule has 1 aromatic carbocycles. The average Bonchev–Trinajstić information content (AvgIpc) is 2.96. The maximum Gasteiger partial charge on any atom is 0.248 e. The van der Waals surface area contributed by atoms with Crippen molar-refractivity contribution >= 4 is 12.2 Å². The molecule has 2 aromatic heterocycles. The summed E-state index contributed by atoms with van der Waals surface area (Å²) >= 11 is 0. The second-order valence-corrected chi connectivity index (χ2v) is 3.93. The van der Waals surface area contributed by atoms with Gasteiger partial charge in [0, 0.05) is 24.0 Å². The minimum atomic E-state index is 0.475. The van der Waals surface area contributed by atoms with Crippen LogP contribution in [0.4, 0.5) is 0 Å². The van der Waals surface area contributed by atoms with Crippen molar-refractivity contribution in [2.75, 3.05) is 0 Å². The maximum atomic E-state index is 5.56. The molecule has 0 spiro atoms. The summed E-state index contributed by atoms with van der Waals surface area (Å²) in [5.41, 5.74) is 1.90. The fraction of sp³-hybridized carbons (Fsp3) is 0. The molecule has 0 saturated carbocycles. The van der Waals surface area contributed by atoms with Gasteiger partial charge in [-0.25, -0.2) is 0 Å². The molecule has 0 amide bonds. The molecule has 2 heterocycles. The summed E-state index contributed by atoms with van der Waals surface area (Å²) in [5, 5.41) is 8.00. The Morgan fingerprint density at radius 3 is 2.58 bits per heavy atom. The lowest BCUT2D eigenvalue weighted by atomic mass is 10.2. The number of hydrogen-bond acceptors (Lipinski definition) is 4. The van der Waals surface area contributed by atoms with Crippen LogP contribution in [0.15, 0.2) is 59.3 Å². The summed E-state index contributed by atoms with van der Waals surface area (Å²) in [6.45, 7) is 0. The zero-order valence-electron chi connectivity index (χ0n) is 10.1. The zero-order valence-corrected chi connectivity index (χ0v) is 10.1. The number of nitrogens with zero attached hydrogens (tertiary/aromatic N) is 3. The van der Waals surface area contributed by atoms with Gasteiger partial charge in [0.05, 0.1) is 0 Å². The Labute approximate surface area is 110 Å². The van der Waals surface area contributed by atoms with Gasteiger partial charge in [-0.1, -0.05) is 24.3 Å².